The van der Waals surface area contributed by atoms with Crippen LogP contribution in [0.3, 0.4) is 0 Å². The summed E-state index contributed by atoms with van der Waals surface area (Å²) >= 11 is 0. The van der Waals surface area contributed by atoms with Crippen molar-refractivity contribution in [1.29, 1.82) is 5.26 Å². The maximum absolute atomic E-state index is 12.5. The second kappa shape index (κ2) is 5.61. The zero-order valence-electron chi connectivity index (χ0n) is 10.7. The van der Waals surface area contributed by atoms with Gasteiger partial charge in [-0.05, 0) is 37.1 Å². The van der Waals surface area contributed by atoms with E-state index in [0.29, 0.717) is 0 Å². The van der Waals surface area contributed by atoms with Gasteiger partial charge >= 0.3 is 5.97 Å². The second-order valence-electron chi connectivity index (χ2n) is 4.58. The zero-order valence-corrected chi connectivity index (χ0v) is 11.5. The first-order chi connectivity index (χ1) is 9.46. The van der Waals surface area contributed by atoms with Crippen molar-refractivity contribution < 1.29 is 18.3 Å². The molecule has 1 fully saturated rings. The number of hydrogen-bond acceptors (Lipinski definition) is 4. The van der Waals surface area contributed by atoms with Crippen molar-refractivity contribution in [3.8, 4) is 6.07 Å². The van der Waals surface area contributed by atoms with Crippen LogP contribution in [0.2, 0.25) is 0 Å². The average Bonchev–Trinajstić information content (AvgIpc) is 3.23. The van der Waals surface area contributed by atoms with E-state index in [0.717, 1.165) is 12.8 Å². The summed E-state index contributed by atoms with van der Waals surface area (Å²) in [6.45, 7) is 0.171. The number of nitrogens with zero attached hydrogens (tertiary/aromatic N) is 2. The van der Waals surface area contributed by atoms with E-state index in [1.165, 1.54) is 28.6 Å². The third kappa shape index (κ3) is 2.98. The van der Waals surface area contributed by atoms with E-state index in [4.69, 9.17) is 10.4 Å². The number of rotatable bonds is 6. The Labute approximate surface area is 117 Å². The number of benzene rings is 1. The summed E-state index contributed by atoms with van der Waals surface area (Å²) in [5.74, 6) is -1.10. The van der Waals surface area contributed by atoms with Crippen molar-refractivity contribution in [3.63, 3.8) is 0 Å². The molecule has 1 N–H and O–H groups in total. The highest BCUT2D eigenvalue weighted by Gasteiger charge is 2.37. The van der Waals surface area contributed by atoms with E-state index in [-0.39, 0.29) is 29.5 Å². The smallest absolute Gasteiger partial charge is 0.335 e. The predicted molar refractivity (Wildman–Crippen MR) is 70.5 cm³/mol. The summed E-state index contributed by atoms with van der Waals surface area (Å²) in [5, 5.41) is 17.4. The Morgan fingerprint density at radius 3 is 2.40 bits per heavy atom. The summed E-state index contributed by atoms with van der Waals surface area (Å²) in [5.41, 5.74) is 0.0407. The van der Waals surface area contributed by atoms with Crippen LogP contribution in [0.1, 0.15) is 29.6 Å². The first-order valence-electron chi connectivity index (χ1n) is 6.19. The van der Waals surface area contributed by atoms with Gasteiger partial charge in [-0.3, -0.25) is 0 Å². The van der Waals surface area contributed by atoms with Crippen LogP contribution in [-0.4, -0.2) is 36.4 Å². The van der Waals surface area contributed by atoms with Crippen molar-refractivity contribution in [2.75, 3.05) is 6.54 Å². The Hall–Kier alpha value is -1.91. The van der Waals surface area contributed by atoms with E-state index in [1.54, 1.807) is 0 Å². The van der Waals surface area contributed by atoms with Crippen LogP contribution < -0.4 is 0 Å². The van der Waals surface area contributed by atoms with Gasteiger partial charge < -0.3 is 5.11 Å². The predicted octanol–water partition coefficient (Wildman–Crippen LogP) is 1.45. The van der Waals surface area contributed by atoms with Crippen LogP contribution >= 0.6 is 0 Å². The first-order valence-corrected chi connectivity index (χ1v) is 7.63. The van der Waals surface area contributed by atoms with Gasteiger partial charge in [0.1, 0.15) is 0 Å². The quantitative estimate of drug-likeness (QED) is 0.856. The largest absolute Gasteiger partial charge is 0.478 e. The lowest BCUT2D eigenvalue weighted by Gasteiger charge is -2.20. The monoisotopic (exact) mass is 294 g/mol. The van der Waals surface area contributed by atoms with Gasteiger partial charge in [0.15, 0.2) is 0 Å². The minimum absolute atomic E-state index is 0.0347. The normalized spacial score (nSPS) is 15.0. The minimum atomic E-state index is -3.66. The SMILES string of the molecule is N#CCCN(C1CC1)S(=O)(=O)c1ccc(C(=O)O)cc1. The molecule has 0 bridgehead atoms. The average molecular weight is 294 g/mol. The standard InChI is InChI=1S/C13H14N2O4S/c14-8-1-9-15(11-4-5-11)20(18,19)12-6-2-10(3-7-12)13(16)17/h2-3,6-7,11H,1,4-5,9H2,(H,16,17). The van der Waals surface area contributed by atoms with Gasteiger partial charge in [-0.2, -0.15) is 9.57 Å². The molecule has 0 spiro atoms. The molecule has 0 atom stereocenters. The van der Waals surface area contributed by atoms with E-state index < -0.39 is 16.0 Å². The number of hydrogen-bond donors (Lipinski definition) is 1. The fourth-order valence-corrected chi connectivity index (χ4v) is 3.61. The van der Waals surface area contributed by atoms with Crippen molar-refractivity contribution in [2.45, 2.75) is 30.2 Å². The topological polar surface area (TPSA) is 98.5 Å². The molecular weight excluding hydrogens is 280 g/mol. The second-order valence-corrected chi connectivity index (χ2v) is 6.48. The molecule has 0 aromatic heterocycles. The molecule has 2 rings (SSSR count). The van der Waals surface area contributed by atoms with E-state index in [1.807, 2.05) is 6.07 Å². The van der Waals surface area contributed by atoms with E-state index in [9.17, 15) is 13.2 Å². The molecule has 0 amide bonds. The van der Waals surface area contributed by atoms with Gasteiger partial charge in [0.2, 0.25) is 10.0 Å². The van der Waals surface area contributed by atoms with Gasteiger partial charge in [-0.25, -0.2) is 13.2 Å². The van der Waals surface area contributed by atoms with Gasteiger partial charge in [0.05, 0.1) is 16.5 Å². The molecule has 0 heterocycles. The van der Waals surface area contributed by atoms with Crippen LogP contribution in [0.15, 0.2) is 29.2 Å². The van der Waals surface area contributed by atoms with Gasteiger partial charge in [-0.1, -0.05) is 0 Å². The third-order valence-corrected chi connectivity index (χ3v) is 5.07. The number of carboxylic acid groups (broad SMARTS) is 1. The molecule has 7 heteroatoms. The maximum Gasteiger partial charge on any atom is 0.335 e. The molecular formula is C13H14N2O4S. The molecule has 1 aliphatic rings. The van der Waals surface area contributed by atoms with Crippen molar-refractivity contribution in [3.05, 3.63) is 29.8 Å². The van der Waals surface area contributed by atoms with E-state index >= 15 is 0 Å². The summed E-state index contributed by atoms with van der Waals surface area (Å²) in [6, 6.07) is 7.03. The molecule has 6 nitrogen and oxygen atoms in total. The number of aromatic carboxylic acids is 1. The lowest BCUT2D eigenvalue weighted by atomic mass is 10.2. The Kier molecular flexibility index (Phi) is 4.06. The van der Waals surface area contributed by atoms with Crippen molar-refractivity contribution >= 4 is 16.0 Å². The molecule has 106 valence electrons. The van der Waals surface area contributed by atoms with Crippen LogP contribution in [0.5, 0.6) is 0 Å². The Morgan fingerprint density at radius 1 is 1.35 bits per heavy atom. The van der Waals surface area contributed by atoms with Crippen molar-refractivity contribution in [2.24, 2.45) is 0 Å². The lowest BCUT2D eigenvalue weighted by molar-refractivity contribution is 0.0696. The summed E-state index contributed by atoms with van der Waals surface area (Å²) < 4.78 is 26.3. The fourth-order valence-electron chi connectivity index (χ4n) is 1.93. The number of sulfonamides is 1. The highest BCUT2D eigenvalue weighted by Crippen LogP contribution is 2.32. The zero-order chi connectivity index (χ0) is 14.8. The Balaban J connectivity index is 2.27. The molecule has 1 aromatic rings. The van der Waals surface area contributed by atoms with Gasteiger partial charge in [0, 0.05) is 19.0 Å². The molecule has 1 aromatic carbocycles. The van der Waals surface area contributed by atoms with Crippen LogP contribution in [0.4, 0.5) is 0 Å². The summed E-state index contributed by atoms with van der Waals surface area (Å²) in [7, 11) is -3.66. The Bertz CT molecular complexity index is 642. The van der Waals surface area contributed by atoms with Gasteiger partial charge in [-0.15, -0.1) is 0 Å². The molecule has 1 saturated carbocycles. The highest BCUT2D eigenvalue weighted by atomic mass is 32.2. The minimum Gasteiger partial charge on any atom is -0.478 e. The Morgan fingerprint density at radius 2 is 1.95 bits per heavy atom. The summed E-state index contributed by atoms with van der Waals surface area (Å²) in [6.07, 6.45) is 1.75. The molecule has 1 aliphatic carbocycles. The fraction of sp³-hybridized carbons (Fsp3) is 0.385. The number of carboxylic acids is 1. The lowest BCUT2D eigenvalue weighted by Crippen LogP contribution is -2.34. The third-order valence-electron chi connectivity index (χ3n) is 3.11. The van der Waals surface area contributed by atoms with Crippen LogP contribution in [0.25, 0.3) is 0 Å². The molecule has 0 radical (unpaired) electrons. The van der Waals surface area contributed by atoms with Crippen LogP contribution in [-0.2, 0) is 10.0 Å². The number of carbonyl (C=O) groups is 1. The number of nitriles is 1. The highest BCUT2D eigenvalue weighted by molar-refractivity contribution is 7.89. The molecule has 20 heavy (non-hydrogen) atoms. The van der Waals surface area contributed by atoms with Gasteiger partial charge in [0.25, 0.3) is 0 Å². The molecule has 0 unspecified atom stereocenters. The van der Waals surface area contributed by atoms with Crippen LogP contribution in [0, 0.1) is 11.3 Å². The van der Waals surface area contributed by atoms with Crippen molar-refractivity contribution in [1.82, 2.24) is 4.31 Å². The first kappa shape index (κ1) is 14.5. The van der Waals surface area contributed by atoms with E-state index in [2.05, 4.69) is 0 Å². The maximum atomic E-state index is 12.5. The molecule has 0 saturated heterocycles. The summed E-state index contributed by atoms with van der Waals surface area (Å²) in [4.78, 5) is 10.8. The molecule has 0 aliphatic heterocycles.